The Morgan fingerprint density at radius 3 is 2.78 bits per heavy atom. The fraction of sp³-hybridized carbons (Fsp3) is 0.500. The van der Waals surface area contributed by atoms with Crippen molar-refractivity contribution < 1.29 is 14.3 Å². The Morgan fingerprint density at radius 2 is 2.04 bits per heavy atom. The van der Waals surface area contributed by atoms with Crippen molar-refractivity contribution in [2.75, 3.05) is 19.6 Å². The summed E-state index contributed by atoms with van der Waals surface area (Å²) in [6, 6.07) is 7.12. The van der Waals surface area contributed by atoms with Gasteiger partial charge in [-0.1, -0.05) is 12.1 Å². The van der Waals surface area contributed by atoms with Crippen molar-refractivity contribution in [1.82, 2.24) is 21.1 Å². The zero-order valence-electron chi connectivity index (χ0n) is 12.8. The Morgan fingerprint density at radius 1 is 1.26 bits per heavy atom. The second kappa shape index (κ2) is 5.50. The summed E-state index contributed by atoms with van der Waals surface area (Å²) in [6.07, 6.45) is 2.00. The van der Waals surface area contributed by atoms with Gasteiger partial charge in [0.2, 0.25) is 5.91 Å². The number of nitrogens with zero attached hydrogens (tertiary/aromatic N) is 1. The standard InChI is InChI=1S/C16H20N4O3/c21-14-11-3-1-2-4-13(11)23-16(18-14)6-9-20(10-7-16)15(22)12-5-8-17-19-12/h1-4,12,17,19H,5-10H2,(H,18,21). The van der Waals surface area contributed by atoms with Crippen molar-refractivity contribution in [3.63, 3.8) is 0 Å². The van der Waals surface area contributed by atoms with Crippen molar-refractivity contribution in [3.8, 4) is 5.75 Å². The van der Waals surface area contributed by atoms with E-state index in [1.807, 2.05) is 23.1 Å². The predicted octanol–water partition coefficient (Wildman–Crippen LogP) is -0.00600. The molecule has 1 unspecified atom stereocenters. The van der Waals surface area contributed by atoms with Crippen molar-refractivity contribution in [3.05, 3.63) is 29.8 Å². The quantitative estimate of drug-likeness (QED) is 0.679. The first-order valence-electron chi connectivity index (χ1n) is 8.05. The number of hydrogen-bond acceptors (Lipinski definition) is 5. The summed E-state index contributed by atoms with van der Waals surface area (Å²) in [5.41, 5.74) is 5.87. The maximum Gasteiger partial charge on any atom is 0.258 e. The lowest BCUT2D eigenvalue weighted by Crippen LogP contribution is -2.62. The Balaban J connectivity index is 1.45. The van der Waals surface area contributed by atoms with Gasteiger partial charge in [0.1, 0.15) is 11.8 Å². The van der Waals surface area contributed by atoms with Crippen LogP contribution in [0.15, 0.2) is 24.3 Å². The van der Waals surface area contributed by atoms with Gasteiger partial charge in [0.15, 0.2) is 5.72 Å². The summed E-state index contributed by atoms with van der Waals surface area (Å²) in [5.74, 6) is 0.637. The van der Waals surface area contributed by atoms with Gasteiger partial charge in [0.05, 0.1) is 5.56 Å². The fourth-order valence-corrected chi connectivity index (χ4v) is 3.46. The van der Waals surface area contributed by atoms with Crippen LogP contribution in [-0.2, 0) is 4.79 Å². The Kier molecular flexibility index (Phi) is 3.46. The summed E-state index contributed by atoms with van der Waals surface area (Å²) in [6.45, 7) is 1.98. The number of piperidine rings is 1. The molecular weight excluding hydrogens is 296 g/mol. The highest BCUT2D eigenvalue weighted by molar-refractivity contribution is 5.98. The second-order valence-corrected chi connectivity index (χ2v) is 6.28. The third-order valence-corrected chi connectivity index (χ3v) is 4.79. The molecule has 7 heteroatoms. The predicted molar refractivity (Wildman–Crippen MR) is 82.6 cm³/mol. The minimum absolute atomic E-state index is 0.103. The number of rotatable bonds is 1. The molecule has 0 aromatic heterocycles. The van der Waals surface area contributed by atoms with Crippen molar-refractivity contribution in [1.29, 1.82) is 0 Å². The monoisotopic (exact) mass is 316 g/mol. The number of hydrogen-bond donors (Lipinski definition) is 3. The van der Waals surface area contributed by atoms with Gasteiger partial charge < -0.3 is 15.0 Å². The highest BCUT2D eigenvalue weighted by Crippen LogP contribution is 2.33. The van der Waals surface area contributed by atoms with E-state index in [0.717, 1.165) is 13.0 Å². The summed E-state index contributed by atoms with van der Waals surface area (Å²) >= 11 is 0. The molecule has 1 aromatic rings. The molecule has 0 aliphatic carbocycles. The van der Waals surface area contributed by atoms with Crippen molar-refractivity contribution in [2.24, 2.45) is 0 Å². The fourth-order valence-electron chi connectivity index (χ4n) is 3.46. The van der Waals surface area contributed by atoms with Crippen LogP contribution in [0.2, 0.25) is 0 Å². The lowest BCUT2D eigenvalue weighted by Gasteiger charge is -2.44. The number of likely N-dealkylation sites (tertiary alicyclic amines) is 1. The largest absolute Gasteiger partial charge is 0.467 e. The van der Waals surface area contributed by atoms with Gasteiger partial charge in [-0.2, -0.15) is 0 Å². The van der Waals surface area contributed by atoms with E-state index < -0.39 is 5.72 Å². The molecule has 2 amide bonds. The van der Waals surface area contributed by atoms with E-state index in [9.17, 15) is 9.59 Å². The zero-order valence-corrected chi connectivity index (χ0v) is 12.8. The van der Waals surface area contributed by atoms with Crippen LogP contribution in [0, 0.1) is 0 Å². The molecule has 3 N–H and O–H groups in total. The third-order valence-electron chi connectivity index (χ3n) is 4.79. The minimum atomic E-state index is -0.691. The van der Waals surface area contributed by atoms with Gasteiger partial charge in [-0.25, -0.2) is 5.43 Å². The SMILES string of the molecule is O=C1NC2(CCN(C(=O)C3CCNN3)CC2)Oc2ccccc21. The summed E-state index contributed by atoms with van der Waals surface area (Å²) in [7, 11) is 0. The van der Waals surface area contributed by atoms with Gasteiger partial charge >= 0.3 is 0 Å². The molecular formula is C16H20N4O3. The van der Waals surface area contributed by atoms with Crippen LogP contribution in [0.3, 0.4) is 0 Å². The molecule has 0 saturated carbocycles. The van der Waals surface area contributed by atoms with E-state index in [4.69, 9.17) is 4.74 Å². The topological polar surface area (TPSA) is 82.7 Å². The molecule has 2 fully saturated rings. The summed E-state index contributed by atoms with van der Waals surface area (Å²) in [5, 5.41) is 2.99. The van der Waals surface area contributed by atoms with Crippen LogP contribution in [-0.4, -0.2) is 48.1 Å². The van der Waals surface area contributed by atoms with E-state index in [1.54, 1.807) is 6.07 Å². The van der Waals surface area contributed by atoms with Gasteiger partial charge in [-0.15, -0.1) is 0 Å². The highest BCUT2D eigenvalue weighted by atomic mass is 16.5. The first kappa shape index (κ1) is 14.5. The first-order chi connectivity index (χ1) is 11.2. The average Bonchev–Trinajstić information content (AvgIpc) is 3.09. The molecule has 3 heterocycles. The molecule has 23 heavy (non-hydrogen) atoms. The van der Waals surface area contributed by atoms with Crippen LogP contribution in [0.4, 0.5) is 0 Å². The van der Waals surface area contributed by atoms with E-state index in [2.05, 4.69) is 16.2 Å². The number of fused-ring (bicyclic) bond motifs is 1. The second-order valence-electron chi connectivity index (χ2n) is 6.28. The molecule has 0 radical (unpaired) electrons. The molecule has 1 aromatic carbocycles. The van der Waals surface area contributed by atoms with Crippen molar-refractivity contribution >= 4 is 11.8 Å². The maximum atomic E-state index is 12.4. The number of hydrazine groups is 1. The number of carbonyl (C=O) groups is 2. The van der Waals surface area contributed by atoms with E-state index in [-0.39, 0.29) is 17.9 Å². The molecule has 7 nitrogen and oxygen atoms in total. The third kappa shape index (κ3) is 2.55. The van der Waals surface area contributed by atoms with E-state index in [0.29, 0.717) is 37.2 Å². The average molecular weight is 316 g/mol. The normalized spacial score (nSPS) is 25.7. The molecule has 1 spiro atoms. The molecule has 3 aliphatic rings. The number of ether oxygens (including phenoxy) is 1. The molecule has 3 aliphatic heterocycles. The molecule has 1 atom stereocenters. The lowest BCUT2D eigenvalue weighted by molar-refractivity contribution is -0.137. The number of amides is 2. The maximum absolute atomic E-state index is 12.4. The molecule has 4 rings (SSSR count). The highest BCUT2D eigenvalue weighted by Gasteiger charge is 2.43. The number of nitrogens with one attached hydrogen (secondary N) is 3. The van der Waals surface area contributed by atoms with Gasteiger partial charge in [0.25, 0.3) is 5.91 Å². The van der Waals surface area contributed by atoms with E-state index in [1.165, 1.54) is 0 Å². The summed E-state index contributed by atoms with van der Waals surface area (Å²) in [4.78, 5) is 26.6. The van der Waals surface area contributed by atoms with E-state index >= 15 is 0 Å². The Bertz CT molecular complexity index is 634. The Labute approximate surface area is 134 Å². The minimum Gasteiger partial charge on any atom is -0.467 e. The van der Waals surface area contributed by atoms with Crippen LogP contribution in [0.1, 0.15) is 29.6 Å². The molecule has 0 bridgehead atoms. The molecule has 122 valence electrons. The van der Waals surface area contributed by atoms with Gasteiger partial charge in [-0.3, -0.25) is 15.0 Å². The van der Waals surface area contributed by atoms with Crippen LogP contribution < -0.4 is 20.9 Å². The molecule has 2 saturated heterocycles. The van der Waals surface area contributed by atoms with Gasteiger partial charge in [-0.05, 0) is 18.6 Å². The lowest BCUT2D eigenvalue weighted by atomic mass is 9.96. The van der Waals surface area contributed by atoms with Gasteiger partial charge in [0, 0.05) is 32.5 Å². The smallest absolute Gasteiger partial charge is 0.258 e. The van der Waals surface area contributed by atoms with Crippen LogP contribution >= 0.6 is 0 Å². The van der Waals surface area contributed by atoms with Crippen LogP contribution in [0.25, 0.3) is 0 Å². The number of benzene rings is 1. The van der Waals surface area contributed by atoms with Crippen LogP contribution in [0.5, 0.6) is 5.75 Å². The number of carbonyl (C=O) groups excluding carboxylic acids is 2. The van der Waals surface area contributed by atoms with Crippen molar-refractivity contribution in [2.45, 2.75) is 31.0 Å². The zero-order chi connectivity index (χ0) is 15.9. The Hall–Kier alpha value is -2.12. The summed E-state index contributed by atoms with van der Waals surface area (Å²) < 4.78 is 6.09. The first-order valence-corrected chi connectivity index (χ1v) is 8.05. The number of para-hydroxylation sites is 1.